The van der Waals surface area contributed by atoms with E-state index in [9.17, 15) is 9.59 Å². The van der Waals surface area contributed by atoms with Crippen molar-refractivity contribution in [2.75, 3.05) is 30.4 Å². The monoisotopic (exact) mass is 431 g/mol. The number of Topliss-reactive ketones (excluding diaryl/α,β-unsaturated/α-hetero) is 1. The van der Waals surface area contributed by atoms with Crippen LogP contribution in [0.1, 0.15) is 54.4 Å². The Hall–Kier alpha value is -3.48. The topological polar surface area (TPSA) is 87.2 Å². The smallest absolute Gasteiger partial charge is 0.255 e. The summed E-state index contributed by atoms with van der Waals surface area (Å²) in [5, 5.41) is 5.77. The van der Waals surface area contributed by atoms with Crippen molar-refractivity contribution in [1.82, 2.24) is 15.3 Å². The molecule has 2 N–H and O–H groups in total. The summed E-state index contributed by atoms with van der Waals surface area (Å²) in [6.07, 6.45) is 8.22. The SMILES string of the molecule is CCc1cc(C2=CCC(=O)C(NC(=O)c3ccc(N4CCCCC4)cc3)=C2)nc(NC)n1. The van der Waals surface area contributed by atoms with Gasteiger partial charge in [-0.05, 0) is 67.7 Å². The van der Waals surface area contributed by atoms with Crippen molar-refractivity contribution in [2.24, 2.45) is 0 Å². The van der Waals surface area contributed by atoms with Gasteiger partial charge in [-0.25, -0.2) is 9.97 Å². The Morgan fingerprint density at radius 1 is 1.09 bits per heavy atom. The quantitative estimate of drug-likeness (QED) is 0.725. The Balaban J connectivity index is 1.50. The molecule has 1 fully saturated rings. The van der Waals surface area contributed by atoms with Crippen LogP contribution < -0.4 is 15.5 Å². The average Bonchev–Trinajstić information content (AvgIpc) is 2.85. The number of carbonyl (C=O) groups is 2. The summed E-state index contributed by atoms with van der Waals surface area (Å²) >= 11 is 0. The minimum atomic E-state index is -0.288. The number of nitrogens with zero attached hydrogens (tertiary/aromatic N) is 3. The Kier molecular flexibility index (Phi) is 6.63. The van der Waals surface area contributed by atoms with Gasteiger partial charge in [-0.15, -0.1) is 0 Å². The van der Waals surface area contributed by atoms with Gasteiger partial charge >= 0.3 is 0 Å². The highest BCUT2D eigenvalue weighted by atomic mass is 16.2. The fourth-order valence-electron chi connectivity index (χ4n) is 4.00. The van der Waals surface area contributed by atoms with Gasteiger partial charge in [0.15, 0.2) is 5.78 Å². The number of anilines is 2. The summed E-state index contributed by atoms with van der Waals surface area (Å²) in [4.78, 5) is 36.6. The Morgan fingerprint density at radius 2 is 1.84 bits per heavy atom. The highest BCUT2D eigenvalue weighted by Gasteiger charge is 2.20. The molecule has 32 heavy (non-hydrogen) atoms. The van der Waals surface area contributed by atoms with Gasteiger partial charge in [0.1, 0.15) is 0 Å². The number of amides is 1. The number of benzene rings is 1. The molecular weight excluding hydrogens is 402 g/mol. The van der Waals surface area contributed by atoms with Crippen molar-refractivity contribution < 1.29 is 9.59 Å². The van der Waals surface area contributed by atoms with Crippen molar-refractivity contribution in [3.05, 3.63) is 65.1 Å². The number of piperidine rings is 1. The predicted octanol–water partition coefficient (Wildman–Crippen LogP) is 3.74. The molecule has 2 heterocycles. The zero-order chi connectivity index (χ0) is 22.5. The molecule has 0 radical (unpaired) electrons. The fraction of sp³-hybridized carbons (Fsp3) is 0.360. The van der Waals surface area contributed by atoms with Crippen LogP contribution in [-0.4, -0.2) is 41.8 Å². The van der Waals surface area contributed by atoms with Gasteiger partial charge in [-0.3, -0.25) is 9.59 Å². The maximum atomic E-state index is 12.8. The van der Waals surface area contributed by atoms with Crippen LogP contribution in [0.25, 0.3) is 5.57 Å². The van der Waals surface area contributed by atoms with Crippen LogP contribution in [-0.2, 0) is 11.2 Å². The third-order valence-electron chi connectivity index (χ3n) is 5.87. The molecule has 1 aromatic heterocycles. The summed E-state index contributed by atoms with van der Waals surface area (Å²) in [5.41, 5.74) is 4.39. The van der Waals surface area contributed by atoms with Crippen molar-refractivity contribution in [2.45, 2.75) is 39.0 Å². The number of rotatable bonds is 6. The molecule has 0 atom stereocenters. The third kappa shape index (κ3) is 4.88. The molecule has 0 unspecified atom stereocenters. The van der Waals surface area contributed by atoms with Crippen molar-refractivity contribution in [1.29, 1.82) is 0 Å². The number of aryl methyl sites for hydroxylation is 1. The maximum absolute atomic E-state index is 12.8. The van der Waals surface area contributed by atoms with Gasteiger partial charge in [-0.1, -0.05) is 13.0 Å². The molecule has 0 spiro atoms. The molecule has 166 valence electrons. The lowest BCUT2D eigenvalue weighted by molar-refractivity contribution is -0.115. The predicted molar refractivity (Wildman–Crippen MR) is 127 cm³/mol. The number of allylic oxidation sites excluding steroid dienone is 4. The average molecular weight is 432 g/mol. The minimum absolute atomic E-state index is 0.120. The van der Waals surface area contributed by atoms with E-state index >= 15 is 0 Å². The minimum Gasteiger partial charge on any atom is -0.372 e. The van der Waals surface area contributed by atoms with Gasteiger partial charge < -0.3 is 15.5 Å². The lowest BCUT2D eigenvalue weighted by atomic mass is 9.99. The standard InChI is InChI=1S/C25H29N5O2/c1-3-19-16-21(29-25(26-2)27-19)18-9-12-23(31)22(15-18)28-24(32)17-7-10-20(11-8-17)30-13-5-4-6-14-30/h7-11,15-16H,3-6,12-14H2,1-2H3,(H,28,32)(H,26,27,29). The number of hydrogen-bond acceptors (Lipinski definition) is 6. The van der Waals surface area contributed by atoms with Crippen LogP contribution in [0.15, 0.2) is 48.2 Å². The molecule has 7 nitrogen and oxygen atoms in total. The van der Waals surface area contributed by atoms with Gasteiger partial charge in [0.25, 0.3) is 5.91 Å². The first-order valence-corrected chi connectivity index (χ1v) is 11.2. The second-order valence-corrected chi connectivity index (χ2v) is 8.07. The van der Waals surface area contributed by atoms with Crippen molar-refractivity contribution in [3.8, 4) is 0 Å². The molecule has 1 aliphatic heterocycles. The second kappa shape index (κ2) is 9.77. The van der Waals surface area contributed by atoms with Crippen molar-refractivity contribution in [3.63, 3.8) is 0 Å². The molecule has 0 bridgehead atoms. The largest absolute Gasteiger partial charge is 0.372 e. The first-order chi connectivity index (χ1) is 15.6. The zero-order valence-corrected chi connectivity index (χ0v) is 18.6. The summed E-state index contributed by atoms with van der Waals surface area (Å²) in [6.45, 7) is 4.14. The Bertz CT molecular complexity index is 1040. The third-order valence-corrected chi connectivity index (χ3v) is 5.87. The van der Waals surface area contributed by atoms with Crippen LogP contribution in [0.3, 0.4) is 0 Å². The van der Waals surface area contributed by atoms with Gasteiger partial charge in [0, 0.05) is 43.5 Å². The van der Waals surface area contributed by atoms with E-state index in [1.807, 2.05) is 43.3 Å². The van der Waals surface area contributed by atoms with Crippen LogP contribution in [0.2, 0.25) is 0 Å². The molecule has 7 heteroatoms. The van der Waals surface area contributed by atoms with E-state index in [2.05, 4.69) is 25.5 Å². The van der Waals surface area contributed by atoms with Gasteiger partial charge in [0.05, 0.1) is 11.4 Å². The Labute approximate surface area is 188 Å². The summed E-state index contributed by atoms with van der Waals surface area (Å²) in [5.74, 6) is 0.125. The van der Waals surface area contributed by atoms with Gasteiger partial charge in [-0.2, -0.15) is 0 Å². The number of carbonyl (C=O) groups excluding carboxylic acids is 2. The highest BCUT2D eigenvalue weighted by Crippen LogP contribution is 2.24. The van der Waals surface area contributed by atoms with Gasteiger partial charge in [0.2, 0.25) is 5.95 Å². The van der Waals surface area contributed by atoms with Crippen molar-refractivity contribution >= 4 is 28.9 Å². The maximum Gasteiger partial charge on any atom is 0.255 e. The summed E-state index contributed by atoms with van der Waals surface area (Å²) in [7, 11) is 1.77. The van der Waals surface area contributed by atoms with E-state index in [0.717, 1.165) is 42.2 Å². The number of ketones is 1. The molecule has 2 aromatic rings. The lowest BCUT2D eigenvalue weighted by Crippen LogP contribution is -2.30. The molecule has 2 aliphatic rings. The molecule has 4 rings (SSSR count). The molecule has 0 saturated carbocycles. The normalized spacial score (nSPS) is 16.3. The van der Waals surface area contributed by atoms with Crippen LogP contribution in [0, 0.1) is 0 Å². The molecule has 1 saturated heterocycles. The molecule has 1 aliphatic carbocycles. The van der Waals surface area contributed by atoms with Crippen LogP contribution >= 0.6 is 0 Å². The van der Waals surface area contributed by atoms with E-state index in [-0.39, 0.29) is 23.8 Å². The van der Waals surface area contributed by atoms with E-state index in [0.29, 0.717) is 11.5 Å². The number of nitrogens with one attached hydrogen (secondary N) is 2. The van der Waals surface area contributed by atoms with Crippen LogP contribution in [0.5, 0.6) is 0 Å². The summed E-state index contributed by atoms with van der Waals surface area (Å²) < 4.78 is 0. The number of hydrogen-bond donors (Lipinski definition) is 2. The highest BCUT2D eigenvalue weighted by molar-refractivity contribution is 6.07. The fourth-order valence-corrected chi connectivity index (χ4v) is 4.00. The van der Waals surface area contributed by atoms with E-state index in [4.69, 9.17) is 0 Å². The van der Waals surface area contributed by atoms with Crippen LogP contribution in [0.4, 0.5) is 11.6 Å². The molecule has 1 aromatic carbocycles. The van der Waals surface area contributed by atoms with E-state index in [1.165, 1.54) is 19.3 Å². The first-order valence-electron chi connectivity index (χ1n) is 11.2. The first kappa shape index (κ1) is 21.7. The van der Waals surface area contributed by atoms with E-state index in [1.54, 1.807) is 13.1 Å². The molecule has 1 amide bonds. The number of aromatic nitrogens is 2. The second-order valence-electron chi connectivity index (χ2n) is 8.07. The Morgan fingerprint density at radius 3 is 2.53 bits per heavy atom. The summed E-state index contributed by atoms with van der Waals surface area (Å²) in [6, 6.07) is 9.52. The van der Waals surface area contributed by atoms with E-state index < -0.39 is 0 Å². The lowest BCUT2D eigenvalue weighted by Gasteiger charge is -2.28. The zero-order valence-electron chi connectivity index (χ0n) is 18.6. The molecular formula is C25H29N5O2.